The number of nitrogens with zero attached hydrogens (tertiary/aromatic N) is 3. The number of carbonyl (C=O) groups excluding carboxylic acids is 2. The van der Waals surface area contributed by atoms with Crippen molar-refractivity contribution in [1.82, 2.24) is 0 Å². The molecule has 4 aromatic carbocycles. The number of hydrogen-bond acceptors (Lipinski definition) is 13. The third kappa shape index (κ3) is 12.2. The minimum Gasteiger partial charge on any atom is -0.457 e. The molecule has 3 saturated carbocycles. The molecule has 414 valence electrons. The van der Waals surface area contributed by atoms with Crippen molar-refractivity contribution >= 4 is 20.1 Å². The van der Waals surface area contributed by atoms with E-state index in [9.17, 15) is 15.1 Å². The molecule has 0 aromatic heterocycles. The van der Waals surface area contributed by atoms with Crippen LogP contribution in [0.25, 0.3) is 10.4 Å². The minimum absolute atomic E-state index is 0.0166. The normalized spacial score (nSPS) is 32.4. The predicted octanol–water partition coefficient (Wildman–Crippen LogP) is 11.8. The quantitative estimate of drug-likeness (QED) is 0.0240. The summed E-state index contributed by atoms with van der Waals surface area (Å²) in [4.78, 5) is 29.4. The summed E-state index contributed by atoms with van der Waals surface area (Å²) < 4.78 is 71.6. The van der Waals surface area contributed by atoms with Crippen LogP contribution in [0.4, 0.5) is 0 Å². The van der Waals surface area contributed by atoms with E-state index in [1.807, 2.05) is 121 Å². The Morgan fingerprint density at radius 1 is 0.675 bits per heavy atom. The van der Waals surface area contributed by atoms with Crippen LogP contribution in [-0.4, -0.2) is 99.7 Å². The first-order valence-corrected chi connectivity index (χ1v) is 30.4. The van der Waals surface area contributed by atoms with Crippen molar-refractivity contribution < 1.29 is 56.6 Å². The van der Waals surface area contributed by atoms with Gasteiger partial charge in [0.25, 0.3) is 0 Å². The van der Waals surface area contributed by atoms with Crippen LogP contribution in [0, 0.1) is 16.7 Å². The van der Waals surface area contributed by atoms with Crippen LogP contribution in [0.15, 0.2) is 126 Å². The lowest BCUT2D eigenvalue weighted by Gasteiger charge is -2.50. The zero-order chi connectivity index (χ0) is 54.6. The van der Waals surface area contributed by atoms with Gasteiger partial charge in [-0.15, -0.1) is 0 Å². The second-order valence-corrected chi connectivity index (χ2v) is 28.8. The van der Waals surface area contributed by atoms with Gasteiger partial charge in [0.1, 0.15) is 60.7 Å². The van der Waals surface area contributed by atoms with Gasteiger partial charge in [-0.25, -0.2) is 0 Å². The molecule has 9 rings (SSSR count). The number of hydrogen-bond donors (Lipinski definition) is 0. The van der Waals surface area contributed by atoms with Crippen LogP contribution in [0.2, 0.25) is 18.1 Å². The second kappa shape index (κ2) is 23.9. The fraction of sp³-hybridized carbons (Fsp3) is 0.574. The molecule has 16 heteroatoms. The molecule has 15 nitrogen and oxygen atoms in total. The molecule has 0 radical (unpaired) electrons. The highest BCUT2D eigenvalue weighted by Gasteiger charge is 2.76. The van der Waals surface area contributed by atoms with Gasteiger partial charge in [0.2, 0.25) is 0 Å². The highest BCUT2D eigenvalue weighted by Crippen LogP contribution is 2.73. The van der Waals surface area contributed by atoms with E-state index in [4.69, 9.17) is 47.1 Å². The van der Waals surface area contributed by atoms with Gasteiger partial charge >= 0.3 is 5.97 Å². The summed E-state index contributed by atoms with van der Waals surface area (Å²) in [5.41, 5.74) is 13.7. The van der Waals surface area contributed by atoms with Crippen molar-refractivity contribution in [1.29, 1.82) is 0 Å². The number of fused-ring (bicyclic) bond motifs is 4. The fourth-order valence-corrected chi connectivity index (χ4v) is 13.0. The Labute approximate surface area is 455 Å². The van der Waals surface area contributed by atoms with Crippen LogP contribution in [0.1, 0.15) is 103 Å². The SMILES string of the molecule is CC(=O)CCC(=O)O[C@H]1[C@H](OCc2ccccc2)[C@@H](N=[N+]=[N-])[C@@H](O[C@@H]2[C@@H](OCc3ccccc3)[C@H](OCc3ccccc3)[C@@H](OCc3ccccc3)[C@H]3O[C@]4(C[C@@H]5CC[C@@]4(C)C5(C)C)O[C@@H]23)O[C@@H]1CO[Si](C)(C)C(C)(C)C. The molecule has 3 aliphatic carbocycles. The van der Waals surface area contributed by atoms with Gasteiger partial charge in [-0.2, -0.15) is 0 Å². The van der Waals surface area contributed by atoms with E-state index in [0.717, 1.165) is 35.1 Å². The number of rotatable bonds is 22. The van der Waals surface area contributed by atoms with Gasteiger partial charge in [-0.1, -0.05) is 168 Å². The van der Waals surface area contributed by atoms with Crippen LogP contribution in [0.5, 0.6) is 0 Å². The van der Waals surface area contributed by atoms with E-state index in [2.05, 4.69) is 64.7 Å². The number of carbonyl (C=O) groups is 2. The van der Waals surface area contributed by atoms with E-state index in [1.54, 1.807) is 0 Å². The maximum absolute atomic E-state index is 13.9. The Morgan fingerprint density at radius 2 is 1.14 bits per heavy atom. The number of esters is 1. The second-order valence-electron chi connectivity index (χ2n) is 24.0. The number of ketones is 1. The summed E-state index contributed by atoms with van der Waals surface area (Å²) in [6.45, 7) is 19.8. The first-order valence-electron chi connectivity index (χ1n) is 27.5. The topological polar surface area (TPSA) is 175 Å². The third-order valence-corrected chi connectivity index (χ3v) is 22.5. The van der Waals surface area contributed by atoms with Crippen molar-refractivity contribution in [3.8, 4) is 0 Å². The Balaban J connectivity index is 1.17. The van der Waals surface area contributed by atoms with Gasteiger partial charge in [-0.3, -0.25) is 4.79 Å². The summed E-state index contributed by atoms with van der Waals surface area (Å²) >= 11 is 0. The molecule has 0 unspecified atom stereocenters. The summed E-state index contributed by atoms with van der Waals surface area (Å²) in [7, 11) is -2.50. The van der Waals surface area contributed by atoms with Gasteiger partial charge in [0.05, 0.1) is 39.5 Å². The average molecular weight is 1070 g/mol. The highest BCUT2D eigenvalue weighted by molar-refractivity contribution is 6.74. The average Bonchev–Trinajstić information content (AvgIpc) is 4.10. The van der Waals surface area contributed by atoms with E-state index in [0.29, 0.717) is 12.3 Å². The first kappa shape index (κ1) is 56.9. The van der Waals surface area contributed by atoms with Crippen LogP contribution in [-0.2, 0) is 83.1 Å². The largest absolute Gasteiger partial charge is 0.457 e. The summed E-state index contributed by atoms with van der Waals surface area (Å²) in [5, 5.41) is 4.21. The van der Waals surface area contributed by atoms with Crippen LogP contribution >= 0.6 is 0 Å². The zero-order valence-electron chi connectivity index (χ0n) is 46.3. The molecule has 4 aromatic rings. The Hall–Kier alpha value is -4.81. The van der Waals surface area contributed by atoms with Crippen molar-refractivity contribution in [3.05, 3.63) is 154 Å². The molecule has 0 amide bonds. The summed E-state index contributed by atoms with van der Waals surface area (Å²) in [6, 6.07) is 38.3. The Bertz CT molecular complexity index is 2640. The molecular weight excluding hydrogens is 995 g/mol. The highest BCUT2D eigenvalue weighted by atomic mass is 28.4. The van der Waals surface area contributed by atoms with Crippen LogP contribution < -0.4 is 0 Å². The maximum atomic E-state index is 13.9. The molecule has 5 fully saturated rings. The Kier molecular flexibility index (Phi) is 17.6. The number of azide groups is 1. The van der Waals surface area contributed by atoms with E-state index < -0.39 is 92.8 Å². The number of ether oxygens (including phenoxy) is 9. The lowest BCUT2D eigenvalue weighted by molar-refractivity contribution is -0.324. The van der Waals surface area contributed by atoms with Crippen molar-refractivity contribution in [2.24, 2.45) is 21.9 Å². The van der Waals surface area contributed by atoms with Crippen LogP contribution in [0.3, 0.4) is 0 Å². The minimum atomic E-state index is -2.50. The number of benzene rings is 4. The molecule has 5 aliphatic rings. The summed E-state index contributed by atoms with van der Waals surface area (Å²) in [5.74, 6) is -1.48. The van der Waals surface area contributed by atoms with Gasteiger partial charge < -0.3 is 51.9 Å². The number of Topliss-reactive ketones (excluding diaryl/α,β-unsaturated/α-hetero) is 1. The van der Waals surface area contributed by atoms with Gasteiger partial charge in [0, 0.05) is 23.2 Å². The van der Waals surface area contributed by atoms with Gasteiger partial charge in [0.15, 0.2) is 26.5 Å². The molecule has 2 aliphatic heterocycles. The molecular formula is C61H79N3O12Si. The zero-order valence-corrected chi connectivity index (χ0v) is 47.3. The van der Waals surface area contributed by atoms with Crippen molar-refractivity contribution in [3.63, 3.8) is 0 Å². The van der Waals surface area contributed by atoms with Crippen molar-refractivity contribution in [2.75, 3.05) is 6.61 Å². The summed E-state index contributed by atoms with van der Waals surface area (Å²) in [6.07, 6.45) is -7.27. The molecule has 2 heterocycles. The standard InChI is InChI=1S/C61H79N3O12Si/c1-40(65)30-31-47(66)73-49-46(39-71-77(8,9)58(2,3)4)72-57(48(63-64-62)50(49)67-35-41-22-14-10-15-23-41)74-54-52(69-37-43-26-18-12-19-27-43)51(68-36-42-24-16-11-17-25-42)53(70-38-44-28-20-13-21-29-44)55-56(54)76-61(75-55)34-45-32-33-60(61,7)59(45,5)6/h10-29,45-46,48-57H,30-39H2,1-9H3/t45-,46+,48+,49+,50+,51-,52-,53+,54+,55+,56-,57+,60-,61+/m0/s1. The fourth-order valence-electron chi connectivity index (χ4n) is 12.0. The lowest BCUT2D eigenvalue weighted by Crippen LogP contribution is -2.68. The maximum Gasteiger partial charge on any atom is 0.306 e. The van der Waals surface area contributed by atoms with E-state index in [-0.39, 0.29) is 62.1 Å². The van der Waals surface area contributed by atoms with E-state index in [1.165, 1.54) is 6.92 Å². The van der Waals surface area contributed by atoms with Gasteiger partial charge in [-0.05, 0) is 77.0 Å². The predicted molar refractivity (Wildman–Crippen MR) is 291 cm³/mol. The molecule has 14 atom stereocenters. The Morgan fingerprint density at radius 3 is 1.58 bits per heavy atom. The smallest absolute Gasteiger partial charge is 0.306 e. The molecule has 2 bridgehead atoms. The monoisotopic (exact) mass is 1070 g/mol. The third-order valence-electron chi connectivity index (χ3n) is 18.0. The first-order chi connectivity index (χ1) is 36.8. The lowest BCUT2D eigenvalue weighted by atomic mass is 9.68. The van der Waals surface area contributed by atoms with E-state index >= 15 is 0 Å². The molecule has 2 saturated heterocycles. The molecule has 1 spiro atoms. The van der Waals surface area contributed by atoms with Crippen molar-refractivity contribution in [2.45, 2.75) is 198 Å². The molecule has 77 heavy (non-hydrogen) atoms. The molecule has 0 N–H and O–H groups in total.